The number of halogens is 2. The summed E-state index contributed by atoms with van der Waals surface area (Å²) in [6, 6.07) is 11.0. The normalized spacial score (nSPS) is 10.2. The maximum absolute atomic E-state index is 5.97. The van der Waals surface area contributed by atoms with Gasteiger partial charge < -0.3 is 14.9 Å². The van der Waals surface area contributed by atoms with E-state index in [-0.39, 0.29) is 5.88 Å². The van der Waals surface area contributed by atoms with Crippen molar-refractivity contribution in [2.24, 2.45) is 5.84 Å². The van der Waals surface area contributed by atoms with Crippen molar-refractivity contribution >= 4 is 29.0 Å². The van der Waals surface area contributed by atoms with Gasteiger partial charge in [0.2, 0.25) is 5.88 Å². The molecule has 1 heterocycles. The molecule has 2 aromatic rings. The van der Waals surface area contributed by atoms with E-state index in [0.29, 0.717) is 29.1 Å². The number of nitrogens with zero attached hydrogens (tertiary/aromatic N) is 1. The minimum absolute atomic E-state index is 0.251. The van der Waals surface area contributed by atoms with Gasteiger partial charge in [-0.25, -0.2) is 5.84 Å². The van der Waals surface area contributed by atoms with Crippen LogP contribution in [0.1, 0.15) is 0 Å². The van der Waals surface area contributed by atoms with Gasteiger partial charge in [-0.3, -0.25) is 0 Å². The van der Waals surface area contributed by atoms with Crippen molar-refractivity contribution in [3.8, 4) is 11.6 Å². The topological polar surface area (TPSA) is 69.4 Å². The largest absolute Gasteiger partial charge is 0.490 e. The number of ether oxygens (including phenoxy) is 2. The number of para-hydroxylation sites is 1. The number of hydrogen-bond acceptors (Lipinski definition) is 5. The molecule has 7 heteroatoms. The number of anilines is 1. The van der Waals surface area contributed by atoms with Gasteiger partial charge in [0.15, 0.2) is 5.82 Å². The van der Waals surface area contributed by atoms with Crippen LogP contribution in [0.25, 0.3) is 0 Å². The Labute approximate surface area is 126 Å². The van der Waals surface area contributed by atoms with Gasteiger partial charge in [0.25, 0.3) is 0 Å². The van der Waals surface area contributed by atoms with E-state index in [0.717, 1.165) is 5.75 Å². The van der Waals surface area contributed by atoms with Gasteiger partial charge in [-0.2, -0.15) is 4.98 Å². The number of aromatic nitrogens is 1. The Morgan fingerprint density at radius 3 is 2.45 bits per heavy atom. The first-order valence-electron chi connectivity index (χ1n) is 5.84. The average molecular weight is 314 g/mol. The smallest absolute Gasteiger partial charge is 0.234 e. The molecule has 0 unspecified atom stereocenters. The number of pyridine rings is 1. The predicted molar refractivity (Wildman–Crippen MR) is 79.5 cm³/mol. The summed E-state index contributed by atoms with van der Waals surface area (Å²) in [7, 11) is 0. The lowest BCUT2D eigenvalue weighted by Crippen LogP contribution is -2.12. The molecule has 0 radical (unpaired) electrons. The van der Waals surface area contributed by atoms with E-state index in [2.05, 4.69) is 10.4 Å². The van der Waals surface area contributed by atoms with E-state index >= 15 is 0 Å². The standard InChI is InChI=1S/C13H13Cl2N3O2/c14-10-8-11(15)13(17-12(10)18-16)20-7-6-19-9-4-2-1-3-5-9/h1-5,8H,6-7,16H2,(H,17,18). The molecule has 3 N–H and O–H groups in total. The van der Waals surface area contributed by atoms with Gasteiger partial charge in [0, 0.05) is 0 Å². The van der Waals surface area contributed by atoms with Crippen LogP contribution in [0.15, 0.2) is 36.4 Å². The molecular formula is C13H13Cl2N3O2. The fraction of sp³-hybridized carbons (Fsp3) is 0.154. The summed E-state index contributed by atoms with van der Waals surface area (Å²) >= 11 is 11.8. The monoisotopic (exact) mass is 313 g/mol. The second-order valence-electron chi connectivity index (χ2n) is 3.76. The third-order valence-corrected chi connectivity index (χ3v) is 2.93. The zero-order chi connectivity index (χ0) is 14.4. The van der Waals surface area contributed by atoms with Gasteiger partial charge in [0.05, 0.1) is 5.02 Å². The molecule has 0 aliphatic heterocycles. The molecular weight excluding hydrogens is 301 g/mol. The lowest BCUT2D eigenvalue weighted by Gasteiger charge is -2.10. The second kappa shape index (κ2) is 7.19. The summed E-state index contributed by atoms with van der Waals surface area (Å²) < 4.78 is 10.9. The summed E-state index contributed by atoms with van der Waals surface area (Å²) in [5.41, 5.74) is 2.37. The SMILES string of the molecule is NNc1nc(OCCOc2ccccc2)c(Cl)cc1Cl. The first-order valence-corrected chi connectivity index (χ1v) is 6.59. The maximum atomic E-state index is 5.97. The summed E-state index contributed by atoms with van der Waals surface area (Å²) in [5, 5.41) is 0.638. The molecule has 0 bridgehead atoms. The molecule has 0 amide bonds. The Bertz CT molecular complexity index is 567. The predicted octanol–water partition coefficient (Wildman–Crippen LogP) is 3.13. The van der Waals surface area contributed by atoms with E-state index in [1.165, 1.54) is 6.07 Å². The van der Waals surface area contributed by atoms with Crippen LogP contribution in [-0.2, 0) is 0 Å². The highest BCUT2D eigenvalue weighted by molar-refractivity contribution is 6.36. The maximum Gasteiger partial charge on any atom is 0.234 e. The first kappa shape index (κ1) is 14.7. The van der Waals surface area contributed by atoms with E-state index in [9.17, 15) is 0 Å². The van der Waals surface area contributed by atoms with E-state index in [1.807, 2.05) is 30.3 Å². The van der Waals surface area contributed by atoms with Crippen LogP contribution in [0.2, 0.25) is 10.0 Å². The minimum atomic E-state index is 0.251. The van der Waals surface area contributed by atoms with Gasteiger partial charge in [-0.15, -0.1) is 0 Å². The molecule has 106 valence electrons. The molecule has 0 aliphatic carbocycles. The third kappa shape index (κ3) is 3.90. The average Bonchev–Trinajstić information content (AvgIpc) is 2.46. The molecule has 0 saturated carbocycles. The van der Waals surface area contributed by atoms with Crippen molar-refractivity contribution in [1.82, 2.24) is 4.98 Å². The highest BCUT2D eigenvalue weighted by Crippen LogP contribution is 2.30. The highest BCUT2D eigenvalue weighted by atomic mass is 35.5. The van der Waals surface area contributed by atoms with Crippen molar-refractivity contribution in [2.45, 2.75) is 0 Å². The quantitative estimate of drug-likeness (QED) is 0.487. The lowest BCUT2D eigenvalue weighted by molar-refractivity contribution is 0.212. The Morgan fingerprint density at radius 2 is 1.75 bits per heavy atom. The summed E-state index contributed by atoms with van der Waals surface area (Å²) in [6.07, 6.45) is 0. The fourth-order valence-corrected chi connectivity index (χ4v) is 1.93. The summed E-state index contributed by atoms with van der Waals surface area (Å²) in [5.74, 6) is 6.61. The van der Waals surface area contributed by atoms with Gasteiger partial charge in [0.1, 0.15) is 24.0 Å². The Hall–Kier alpha value is -1.69. The third-order valence-electron chi connectivity index (χ3n) is 2.37. The zero-order valence-corrected chi connectivity index (χ0v) is 12.0. The van der Waals surface area contributed by atoms with Gasteiger partial charge in [-0.05, 0) is 18.2 Å². The number of hydrogen-bond donors (Lipinski definition) is 2. The number of nitrogen functional groups attached to an aromatic ring is 1. The van der Waals surface area contributed by atoms with Crippen LogP contribution in [0.5, 0.6) is 11.6 Å². The molecule has 1 aromatic heterocycles. The number of hydrazine groups is 1. The number of benzene rings is 1. The van der Waals surface area contributed by atoms with E-state index in [4.69, 9.17) is 38.5 Å². The molecule has 0 saturated heterocycles. The summed E-state index contributed by atoms with van der Waals surface area (Å²) in [6.45, 7) is 0.670. The van der Waals surface area contributed by atoms with Crippen molar-refractivity contribution < 1.29 is 9.47 Å². The van der Waals surface area contributed by atoms with Crippen molar-refractivity contribution in [1.29, 1.82) is 0 Å². The Kier molecular flexibility index (Phi) is 5.29. The number of rotatable bonds is 6. The molecule has 1 aromatic carbocycles. The Morgan fingerprint density at radius 1 is 1.05 bits per heavy atom. The van der Waals surface area contributed by atoms with Gasteiger partial charge >= 0.3 is 0 Å². The van der Waals surface area contributed by atoms with Crippen LogP contribution < -0.4 is 20.7 Å². The van der Waals surface area contributed by atoms with Crippen LogP contribution in [0.3, 0.4) is 0 Å². The molecule has 2 rings (SSSR count). The molecule has 0 fully saturated rings. The lowest BCUT2D eigenvalue weighted by atomic mass is 10.3. The van der Waals surface area contributed by atoms with Crippen molar-refractivity contribution in [3.05, 3.63) is 46.4 Å². The highest BCUT2D eigenvalue weighted by Gasteiger charge is 2.09. The van der Waals surface area contributed by atoms with Crippen molar-refractivity contribution in [2.75, 3.05) is 18.6 Å². The zero-order valence-electron chi connectivity index (χ0n) is 10.5. The van der Waals surface area contributed by atoms with E-state index in [1.54, 1.807) is 0 Å². The number of nitrogens with one attached hydrogen (secondary N) is 1. The van der Waals surface area contributed by atoms with Crippen LogP contribution in [0.4, 0.5) is 5.82 Å². The van der Waals surface area contributed by atoms with Crippen LogP contribution in [0, 0.1) is 0 Å². The van der Waals surface area contributed by atoms with Crippen molar-refractivity contribution in [3.63, 3.8) is 0 Å². The minimum Gasteiger partial charge on any atom is -0.490 e. The molecule has 0 spiro atoms. The van der Waals surface area contributed by atoms with Crippen LogP contribution >= 0.6 is 23.2 Å². The summed E-state index contributed by atoms with van der Waals surface area (Å²) in [4.78, 5) is 4.06. The molecule has 0 atom stereocenters. The van der Waals surface area contributed by atoms with Crippen LogP contribution in [-0.4, -0.2) is 18.2 Å². The fourth-order valence-electron chi connectivity index (χ4n) is 1.47. The molecule has 20 heavy (non-hydrogen) atoms. The number of nitrogens with two attached hydrogens (primary N) is 1. The second-order valence-corrected chi connectivity index (χ2v) is 4.57. The molecule has 5 nitrogen and oxygen atoms in total. The first-order chi connectivity index (χ1) is 9.70. The van der Waals surface area contributed by atoms with E-state index < -0.39 is 0 Å². The van der Waals surface area contributed by atoms with Gasteiger partial charge in [-0.1, -0.05) is 41.4 Å². The molecule has 0 aliphatic rings. The Balaban J connectivity index is 1.88.